The lowest BCUT2D eigenvalue weighted by Gasteiger charge is -2.38. The number of amides is 1. The normalized spacial score (nSPS) is 16.1. The van der Waals surface area contributed by atoms with E-state index in [9.17, 15) is 14.7 Å². The molecule has 0 radical (unpaired) electrons. The zero-order valence-corrected chi connectivity index (χ0v) is 13.8. The first-order valence-corrected chi connectivity index (χ1v) is 8.12. The van der Waals surface area contributed by atoms with Crippen LogP contribution in [0.2, 0.25) is 0 Å². The summed E-state index contributed by atoms with van der Waals surface area (Å²) in [6, 6.07) is 14.7. The number of carboxylic acid groups (broad SMARTS) is 1. The Morgan fingerprint density at radius 1 is 1.17 bits per heavy atom. The van der Waals surface area contributed by atoms with Crippen LogP contribution in [0.4, 0.5) is 5.69 Å². The van der Waals surface area contributed by atoms with E-state index in [1.807, 2.05) is 44.2 Å². The molecule has 1 heterocycles. The van der Waals surface area contributed by atoms with E-state index in [-0.39, 0.29) is 11.5 Å². The van der Waals surface area contributed by atoms with Crippen LogP contribution in [0.5, 0.6) is 0 Å². The number of anilines is 1. The monoisotopic (exact) mass is 327 g/mol. The Kier molecular flexibility index (Phi) is 3.90. The smallest absolute Gasteiger partial charge is 0.335 e. The minimum Gasteiger partial charge on any atom is -0.478 e. The van der Waals surface area contributed by atoms with Crippen LogP contribution >= 0.6 is 11.8 Å². The predicted octanol–water partition coefficient (Wildman–Crippen LogP) is 3.80. The minimum absolute atomic E-state index is 0.0126. The molecule has 0 atom stereocenters. The van der Waals surface area contributed by atoms with Crippen molar-refractivity contribution in [2.45, 2.75) is 30.0 Å². The lowest BCUT2D eigenvalue weighted by atomic mass is 10.1. The number of hydrogen-bond donors (Lipinski definition) is 1. The average molecular weight is 327 g/mol. The molecule has 4 nitrogen and oxygen atoms in total. The Hall–Kier alpha value is -2.27. The summed E-state index contributed by atoms with van der Waals surface area (Å²) in [5, 5.41) is 9.22. The van der Waals surface area contributed by atoms with Crippen LogP contribution in [-0.2, 0) is 11.3 Å². The first kappa shape index (κ1) is 15.6. The molecule has 0 spiro atoms. The summed E-state index contributed by atoms with van der Waals surface area (Å²) in [5.74, 6) is -1.00. The molecule has 2 aromatic rings. The molecule has 1 N–H and O–H groups in total. The van der Waals surface area contributed by atoms with Gasteiger partial charge in [-0.05, 0) is 37.6 Å². The van der Waals surface area contributed by atoms with Crippen LogP contribution in [0.3, 0.4) is 0 Å². The molecule has 0 aromatic heterocycles. The van der Waals surface area contributed by atoms with E-state index in [1.165, 1.54) is 11.8 Å². The van der Waals surface area contributed by atoms with Crippen LogP contribution in [-0.4, -0.2) is 21.7 Å². The number of fused-ring (bicyclic) bond motifs is 1. The molecule has 0 aliphatic carbocycles. The maximum Gasteiger partial charge on any atom is 0.335 e. The zero-order valence-electron chi connectivity index (χ0n) is 12.9. The molecule has 0 saturated heterocycles. The molecule has 1 aliphatic heterocycles. The van der Waals surface area contributed by atoms with Crippen molar-refractivity contribution in [3.05, 3.63) is 59.7 Å². The Labute approximate surface area is 139 Å². The van der Waals surface area contributed by atoms with Crippen molar-refractivity contribution in [2.24, 2.45) is 0 Å². The highest BCUT2D eigenvalue weighted by molar-refractivity contribution is 8.01. The van der Waals surface area contributed by atoms with Crippen molar-refractivity contribution in [1.82, 2.24) is 0 Å². The van der Waals surface area contributed by atoms with Crippen LogP contribution in [0, 0.1) is 0 Å². The largest absolute Gasteiger partial charge is 0.478 e. The maximum atomic E-state index is 12.9. The summed E-state index contributed by atoms with van der Waals surface area (Å²) in [6.07, 6.45) is 0. The molecule has 23 heavy (non-hydrogen) atoms. The molecule has 0 fully saturated rings. The van der Waals surface area contributed by atoms with Gasteiger partial charge in [-0.1, -0.05) is 30.3 Å². The highest BCUT2D eigenvalue weighted by Crippen LogP contribution is 2.45. The third-order valence-electron chi connectivity index (χ3n) is 3.81. The number of carbonyl (C=O) groups is 2. The quantitative estimate of drug-likeness (QED) is 0.931. The summed E-state index contributed by atoms with van der Waals surface area (Å²) >= 11 is 1.47. The fourth-order valence-electron chi connectivity index (χ4n) is 2.62. The van der Waals surface area contributed by atoms with E-state index in [0.717, 1.165) is 10.5 Å². The SMILES string of the molecule is CC1(C)Sc2ccc(C(=O)O)cc2N(Cc2ccccc2)C1=O. The van der Waals surface area contributed by atoms with Gasteiger partial charge < -0.3 is 10.0 Å². The number of carboxylic acids is 1. The van der Waals surface area contributed by atoms with Crippen LogP contribution in [0.25, 0.3) is 0 Å². The molecule has 118 valence electrons. The highest BCUT2D eigenvalue weighted by Gasteiger charge is 2.40. The minimum atomic E-state index is -0.991. The van der Waals surface area contributed by atoms with Crippen molar-refractivity contribution < 1.29 is 14.7 Å². The molecule has 5 heteroatoms. The van der Waals surface area contributed by atoms with Crippen molar-refractivity contribution >= 4 is 29.3 Å². The summed E-state index contributed by atoms with van der Waals surface area (Å²) in [7, 11) is 0. The van der Waals surface area contributed by atoms with Crippen molar-refractivity contribution in [3.8, 4) is 0 Å². The van der Waals surface area contributed by atoms with E-state index in [2.05, 4.69) is 0 Å². The van der Waals surface area contributed by atoms with Gasteiger partial charge in [0.15, 0.2) is 0 Å². The van der Waals surface area contributed by atoms with Gasteiger partial charge in [0.05, 0.1) is 22.5 Å². The molecule has 3 rings (SSSR count). The standard InChI is InChI=1S/C18H17NO3S/c1-18(2)17(22)19(11-12-6-4-3-5-7-12)14-10-13(16(20)21)8-9-15(14)23-18/h3-10H,11H2,1-2H3,(H,20,21). The number of aromatic carboxylic acids is 1. The fourth-order valence-corrected chi connectivity index (χ4v) is 3.78. The number of nitrogens with zero attached hydrogens (tertiary/aromatic N) is 1. The topological polar surface area (TPSA) is 57.6 Å². The van der Waals surface area contributed by atoms with Gasteiger partial charge in [-0.2, -0.15) is 0 Å². The second-order valence-corrected chi connectivity index (χ2v) is 7.64. The number of hydrogen-bond acceptors (Lipinski definition) is 3. The van der Waals surface area contributed by atoms with E-state index in [0.29, 0.717) is 12.2 Å². The maximum absolute atomic E-state index is 12.9. The third kappa shape index (κ3) is 2.97. The summed E-state index contributed by atoms with van der Waals surface area (Å²) in [4.78, 5) is 26.7. The van der Waals surface area contributed by atoms with E-state index in [1.54, 1.807) is 23.1 Å². The van der Waals surface area contributed by atoms with E-state index >= 15 is 0 Å². The van der Waals surface area contributed by atoms with Crippen molar-refractivity contribution in [1.29, 1.82) is 0 Å². The van der Waals surface area contributed by atoms with Crippen LogP contribution in [0.1, 0.15) is 29.8 Å². The zero-order chi connectivity index (χ0) is 16.6. The number of carbonyl (C=O) groups excluding carboxylic acids is 1. The van der Waals surface area contributed by atoms with E-state index in [4.69, 9.17) is 0 Å². The Morgan fingerprint density at radius 2 is 1.87 bits per heavy atom. The summed E-state index contributed by atoms with van der Waals surface area (Å²) in [5.41, 5.74) is 1.87. The lowest BCUT2D eigenvalue weighted by molar-refractivity contribution is -0.120. The second-order valence-electron chi connectivity index (χ2n) is 5.98. The average Bonchev–Trinajstić information content (AvgIpc) is 2.52. The molecular formula is C18H17NO3S. The first-order chi connectivity index (χ1) is 10.9. The molecule has 0 unspecified atom stereocenters. The fraction of sp³-hybridized carbons (Fsp3) is 0.222. The Balaban J connectivity index is 2.07. The van der Waals surface area contributed by atoms with Gasteiger partial charge in [0, 0.05) is 4.90 Å². The predicted molar refractivity (Wildman–Crippen MR) is 91.0 cm³/mol. The van der Waals surface area contributed by atoms with Gasteiger partial charge in [-0.3, -0.25) is 4.79 Å². The number of thioether (sulfide) groups is 1. The molecule has 2 aromatic carbocycles. The van der Waals surface area contributed by atoms with Crippen molar-refractivity contribution in [3.63, 3.8) is 0 Å². The summed E-state index contributed by atoms with van der Waals surface area (Å²) in [6.45, 7) is 4.22. The van der Waals surface area contributed by atoms with Gasteiger partial charge in [0.2, 0.25) is 5.91 Å². The first-order valence-electron chi connectivity index (χ1n) is 7.31. The molecule has 1 aliphatic rings. The third-order valence-corrected chi connectivity index (χ3v) is 5.06. The van der Waals surface area contributed by atoms with Gasteiger partial charge in [0.25, 0.3) is 0 Å². The number of rotatable bonds is 3. The van der Waals surface area contributed by atoms with Crippen LogP contribution < -0.4 is 4.90 Å². The second kappa shape index (κ2) is 5.74. The molecule has 0 saturated carbocycles. The Morgan fingerprint density at radius 3 is 2.52 bits per heavy atom. The molecule has 0 bridgehead atoms. The molecular weight excluding hydrogens is 310 g/mol. The van der Waals surface area contributed by atoms with Crippen LogP contribution in [0.15, 0.2) is 53.4 Å². The molecule has 1 amide bonds. The Bertz CT molecular complexity index is 771. The van der Waals surface area contributed by atoms with E-state index < -0.39 is 10.7 Å². The van der Waals surface area contributed by atoms with Gasteiger partial charge in [0.1, 0.15) is 0 Å². The number of benzene rings is 2. The lowest BCUT2D eigenvalue weighted by Crippen LogP contribution is -2.46. The summed E-state index contributed by atoms with van der Waals surface area (Å²) < 4.78 is -0.577. The van der Waals surface area contributed by atoms with Gasteiger partial charge in [-0.15, -0.1) is 11.8 Å². The van der Waals surface area contributed by atoms with Gasteiger partial charge in [-0.25, -0.2) is 4.79 Å². The highest BCUT2D eigenvalue weighted by atomic mass is 32.2. The van der Waals surface area contributed by atoms with Gasteiger partial charge >= 0.3 is 5.97 Å². The van der Waals surface area contributed by atoms with Crippen molar-refractivity contribution in [2.75, 3.05) is 4.90 Å².